The monoisotopic (exact) mass is 403 g/mol. The van der Waals surface area contributed by atoms with Crippen LogP contribution in [0.1, 0.15) is 24.5 Å². The first kappa shape index (κ1) is 20.3. The fourth-order valence-corrected chi connectivity index (χ4v) is 3.26. The number of ether oxygens (including phenoxy) is 1. The van der Waals surface area contributed by atoms with E-state index in [-0.39, 0.29) is 5.57 Å². The van der Waals surface area contributed by atoms with E-state index in [4.69, 9.17) is 4.74 Å². The molecule has 0 saturated heterocycles. The molecule has 3 aromatic rings. The van der Waals surface area contributed by atoms with Crippen LogP contribution in [0.25, 0.3) is 17.3 Å². The van der Waals surface area contributed by atoms with E-state index in [2.05, 4.69) is 10.3 Å². The smallest absolute Gasteiger partial charge is 0.268 e. The molecule has 0 spiro atoms. The minimum Gasteiger partial charge on any atom is -0.494 e. The number of hydrogen-bond acceptors (Lipinski definition) is 5. The molecule has 1 N–H and O–H groups in total. The first-order chi connectivity index (χ1) is 14.1. The van der Waals surface area contributed by atoms with Crippen molar-refractivity contribution in [2.75, 3.05) is 11.9 Å². The number of aryl methyl sites for hydroxylation is 1. The van der Waals surface area contributed by atoms with Gasteiger partial charge in [-0.1, -0.05) is 48.9 Å². The Hall–Kier alpha value is -3.43. The lowest BCUT2D eigenvalue weighted by Crippen LogP contribution is -2.13. The van der Waals surface area contributed by atoms with Crippen LogP contribution in [0, 0.1) is 18.3 Å². The number of nitrogens with zero attached hydrogens (tertiary/aromatic N) is 2. The van der Waals surface area contributed by atoms with E-state index < -0.39 is 5.91 Å². The number of carbonyl (C=O) groups is 1. The third kappa shape index (κ3) is 5.53. The molecule has 1 amide bonds. The van der Waals surface area contributed by atoms with Crippen LogP contribution in [0.15, 0.2) is 59.5 Å². The maximum Gasteiger partial charge on any atom is 0.268 e. The summed E-state index contributed by atoms with van der Waals surface area (Å²) in [6.07, 6.45) is 2.48. The van der Waals surface area contributed by atoms with E-state index in [1.54, 1.807) is 6.08 Å². The van der Waals surface area contributed by atoms with Gasteiger partial charge in [0, 0.05) is 10.9 Å². The molecule has 146 valence electrons. The summed E-state index contributed by atoms with van der Waals surface area (Å²) in [5, 5.41) is 14.4. The van der Waals surface area contributed by atoms with Gasteiger partial charge in [-0.25, -0.2) is 4.98 Å². The normalized spacial score (nSPS) is 11.0. The van der Waals surface area contributed by atoms with E-state index in [1.165, 1.54) is 16.9 Å². The van der Waals surface area contributed by atoms with E-state index in [9.17, 15) is 10.1 Å². The zero-order chi connectivity index (χ0) is 20.6. The van der Waals surface area contributed by atoms with Gasteiger partial charge in [0.1, 0.15) is 17.4 Å². The molecule has 3 rings (SSSR count). The molecule has 1 heterocycles. The van der Waals surface area contributed by atoms with Crippen molar-refractivity contribution in [3.8, 4) is 23.1 Å². The molecule has 0 aliphatic rings. The number of thiazole rings is 1. The van der Waals surface area contributed by atoms with Crippen LogP contribution in [0.4, 0.5) is 5.13 Å². The van der Waals surface area contributed by atoms with Gasteiger partial charge in [-0.05, 0) is 37.1 Å². The van der Waals surface area contributed by atoms with Crippen LogP contribution in [0.3, 0.4) is 0 Å². The molecule has 0 atom stereocenters. The molecule has 0 radical (unpaired) electrons. The number of benzene rings is 2. The van der Waals surface area contributed by atoms with Gasteiger partial charge in [0.2, 0.25) is 0 Å². The number of rotatable bonds is 7. The van der Waals surface area contributed by atoms with Crippen LogP contribution in [-0.4, -0.2) is 17.5 Å². The standard InChI is InChI=1S/C23H21N3O2S/c1-3-12-28-20-10-6-17(7-11-20)13-19(14-24)22(27)26-23-25-21(15-29-23)18-8-4-16(2)5-9-18/h4-11,13,15H,3,12H2,1-2H3,(H,25,26,27)/b19-13+. The Bertz CT molecular complexity index is 1040. The first-order valence-corrected chi connectivity index (χ1v) is 10.2. The second-order valence-electron chi connectivity index (χ2n) is 6.45. The average Bonchev–Trinajstić information content (AvgIpc) is 3.20. The Labute approximate surface area is 174 Å². The van der Waals surface area contributed by atoms with Crippen molar-refractivity contribution in [3.63, 3.8) is 0 Å². The number of amides is 1. The fourth-order valence-electron chi connectivity index (χ4n) is 2.55. The van der Waals surface area contributed by atoms with E-state index >= 15 is 0 Å². The Kier molecular flexibility index (Phi) is 6.77. The first-order valence-electron chi connectivity index (χ1n) is 9.27. The highest BCUT2D eigenvalue weighted by atomic mass is 32.1. The lowest BCUT2D eigenvalue weighted by atomic mass is 10.1. The number of nitriles is 1. The van der Waals surface area contributed by atoms with Crippen molar-refractivity contribution < 1.29 is 9.53 Å². The highest BCUT2D eigenvalue weighted by Gasteiger charge is 2.12. The maximum atomic E-state index is 12.5. The second kappa shape index (κ2) is 9.67. The molecule has 1 aromatic heterocycles. The van der Waals surface area contributed by atoms with Gasteiger partial charge in [-0.2, -0.15) is 5.26 Å². The lowest BCUT2D eigenvalue weighted by Gasteiger charge is -2.04. The van der Waals surface area contributed by atoms with Gasteiger partial charge in [-0.15, -0.1) is 11.3 Å². The summed E-state index contributed by atoms with van der Waals surface area (Å²) in [7, 11) is 0. The molecular formula is C23H21N3O2S. The highest BCUT2D eigenvalue weighted by Crippen LogP contribution is 2.25. The van der Waals surface area contributed by atoms with Crippen molar-refractivity contribution in [1.29, 1.82) is 5.26 Å². The van der Waals surface area contributed by atoms with E-state index in [0.29, 0.717) is 11.7 Å². The number of nitrogens with one attached hydrogen (secondary N) is 1. The summed E-state index contributed by atoms with van der Waals surface area (Å²) in [5.41, 5.74) is 3.70. The summed E-state index contributed by atoms with van der Waals surface area (Å²) in [6.45, 7) is 4.72. The summed E-state index contributed by atoms with van der Waals surface area (Å²) < 4.78 is 5.54. The summed E-state index contributed by atoms with van der Waals surface area (Å²) in [6, 6.07) is 17.2. The van der Waals surface area contributed by atoms with Crippen molar-refractivity contribution in [2.45, 2.75) is 20.3 Å². The summed E-state index contributed by atoms with van der Waals surface area (Å²) >= 11 is 1.32. The molecule has 5 nitrogen and oxygen atoms in total. The number of carbonyl (C=O) groups excluding carboxylic acids is 1. The van der Waals surface area contributed by atoms with E-state index in [0.717, 1.165) is 29.0 Å². The quantitative estimate of drug-likeness (QED) is 0.420. The van der Waals surface area contributed by atoms with Crippen molar-refractivity contribution in [3.05, 3.63) is 70.6 Å². The molecule has 0 unspecified atom stereocenters. The molecule has 29 heavy (non-hydrogen) atoms. The lowest BCUT2D eigenvalue weighted by molar-refractivity contribution is -0.112. The third-order valence-electron chi connectivity index (χ3n) is 4.10. The van der Waals surface area contributed by atoms with Crippen molar-refractivity contribution in [1.82, 2.24) is 4.98 Å². The van der Waals surface area contributed by atoms with Crippen LogP contribution in [-0.2, 0) is 4.79 Å². The van der Waals surface area contributed by atoms with Gasteiger partial charge < -0.3 is 4.74 Å². The van der Waals surface area contributed by atoms with E-state index in [1.807, 2.05) is 73.8 Å². The molecular weight excluding hydrogens is 382 g/mol. The minimum absolute atomic E-state index is 0.0133. The van der Waals surface area contributed by atoms with Crippen LogP contribution < -0.4 is 10.1 Å². The zero-order valence-electron chi connectivity index (χ0n) is 16.3. The molecule has 6 heteroatoms. The topological polar surface area (TPSA) is 75.0 Å². The number of hydrogen-bond donors (Lipinski definition) is 1. The van der Waals surface area contributed by atoms with Gasteiger partial charge in [0.15, 0.2) is 5.13 Å². The fraction of sp³-hybridized carbons (Fsp3) is 0.174. The molecule has 0 bridgehead atoms. The van der Waals surface area contributed by atoms with Gasteiger partial charge in [0.05, 0.1) is 12.3 Å². The van der Waals surface area contributed by atoms with Gasteiger partial charge in [0.25, 0.3) is 5.91 Å². The Morgan fingerprint density at radius 1 is 1.21 bits per heavy atom. The third-order valence-corrected chi connectivity index (χ3v) is 4.86. The summed E-state index contributed by atoms with van der Waals surface area (Å²) in [4.78, 5) is 16.9. The molecule has 2 aromatic carbocycles. The Morgan fingerprint density at radius 2 is 1.93 bits per heavy atom. The van der Waals surface area contributed by atoms with Gasteiger partial charge >= 0.3 is 0 Å². The Morgan fingerprint density at radius 3 is 2.59 bits per heavy atom. The predicted molar refractivity (Wildman–Crippen MR) is 117 cm³/mol. The Balaban J connectivity index is 1.69. The van der Waals surface area contributed by atoms with Crippen molar-refractivity contribution in [2.24, 2.45) is 0 Å². The van der Waals surface area contributed by atoms with Gasteiger partial charge in [-0.3, -0.25) is 10.1 Å². The van der Waals surface area contributed by atoms with Crippen LogP contribution in [0.2, 0.25) is 0 Å². The largest absolute Gasteiger partial charge is 0.494 e. The SMILES string of the molecule is CCCOc1ccc(/C=C(\C#N)C(=O)Nc2nc(-c3ccc(C)cc3)cs2)cc1. The molecule has 0 saturated carbocycles. The molecule has 0 aliphatic carbocycles. The number of anilines is 1. The predicted octanol–water partition coefficient (Wildman–Crippen LogP) is 5.45. The van der Waals surface area contributed by atoms with Crippen LogP contribution in [0.5, 0.6) is 5.75 Å². The second-order valence-corrected chi connectivity index (χ2v) is 7.30. The average molecular weight is 404 g/mol. The van der Waals surface area contributed by atoms with Crippen LogP contribution >= 0.6 is 11.3 Å². The molecule has 0 fully saturated rings. The molecule has 0 aliphatic heterocycles. The highest BCUT2D eigenvalue weighted by molar-refractivity contribution is 7.14. The number of aromatic nitrogens is 1. The minimum atomic E-state index is -0.483. The maximum absolute atomic E-state index is 12.5. The van der Waals surface area contributed by atoms with Crippen molar-refractivity contribution >= 4 is 28.5 Å². The zero-order valence-corrected chi connectivity index (χ0v) is 17.1. The summed E-state index contributed by atoms with van der Waals surface area (Å²) in [5.74, 6) is 0.280.